The molecule has 0 spiro atoms. The number of aryl methyl sites for hydroxylation is 1. The fourth-order valence-electron chi connectivity index (χ4n) is 4.76. The first-order valence-corrected chi connectivity index (χ1v) is 10.3. The van der Waals surface area contributed by atoms with E-state index in [2.05, 4.69) is 40.8 Å². The van der Waals surface area contributed by atoms with Gasteiger partial charge in [-0.1, -0.05) is 12.8 Å². The largest absolute Gasteiger partial charge is 0.369 e. The number of likely N-dealkylation sites (tertiary alicyclic amines) is 1. The molecule has 1 atom stereocenters. The lowest BCUT2D eigenvalue weighted by atomic mass is 10.0. The Morgan fingerprint density at radius 1 is 1.04 bits per heavy atom. The van der Waals surface area contributed by atoms with Crippen molar-refractivity contribution in [2.24, 2.45) is 5.92 Å². The Labute approximate surface area is 157 Å². The van der Waals surface area contributed by atoms with Crippen molar-refractivity contribution >= 4 is 11.6 Å². The summed E-state index contributed by atoms with van der Waals surface area (Å²) in [4.78, 5) is 24.5. The first kappa shape index (κ1) is 17.8. The Balaban J connectivity index is 1.45. The number of aromatic nitrogens is 1. The molecule has 1 aliphatic carbocycles. The van der Waals surface area contributed by atoms with Crippen LogP contribution in [0.2, 0.25) is 0 Å². The molecule has 3 heterocycles. The van der Waals surface area contributed by atoms with Crippen LogP contribution in [0.25, 0.3) is 0 Å². The first-order valence-electron chi connectivity index (χ1n) is 10.3. The zero-order valence-electron chi connectivity index (χ0n) is 16.3. The number of nitrogens with zero attached hydrogens (tertiary/aromatic N) is 4. The average Bonchev–Trinajstić information content (AvgIpc) is 3.33. The highest BCUT2D eigenvalue weighted by atomic mass is 16.2. The minimum atomic E-state index is 0.292. The maximum Gasteiger partial charge on any atom is 0.225 e. The summed E-state index contributed by atoms with van der Waals surface area (Å²) in [6.07, 6.45) is 5.69. The fourth-order valence-corrected chi connectivity index (χ4v) is 4.76. The van der Waals surface area contributed by atoms with Crippen molar-refractivity contribution in [3.05, 3.63) is 23.5 Å². The molecule has 142 valence electrons. The number of hydrogen-bond acceptors (Lipinski definition) is 4. The number of amides is 1. The van der Waals surface area contributed by atoms with Gasteiger partial charge in [0.25, 0.3) is 0 Å². The molecule has 0 aromatic carbocycles. The van der Waals surface area contributed by atoms with Crippen LogP contribution in [-0.2, 0) is 4.79 Å². The van der Waals surface area contributed by atoms with Gasteiger partial charge in [0.15, 0.2) is 0 Å². The number of carbonyl (C=O) groups excluding carboxylic acids is 1. The van der Waals surface area contributed by atoms with E-state index in [1.807, 2.05) is 0 Å². The van der Waals surface area contributed by atoms with Crippen LogP contribution >= 0.6 is 0 Å². The Kier molecular flexibility index (Phi) is 5.16. The number of carbonyl (C=O) groups is 1. The van der Waals surface area contributed by atoms with Crippen LogP contribution in [0.5, 0.6) is 0 Å². The van der Waals surface area contributed by atoms with Crippen LogP contribution in [0, 0.1) is 12.8 Å². The van der Waals surface area contributed by atoms with Gasteiger partial charge in [0.1, 0.15) is 0 Å². The van der Waals surface area contributed by atoms with Crippen molar-refractivity contribution in [3.8, 4) is 0 Å². The van der Waals surface area contributed by atoms with Crippen LogP contribution in [0.15, 0.2) is 12.1 Å². The van der Waals surface area contributed by atoms with Crippen molar-refractivity contribution < 1.29 is 4.79 Å². The van der Waals surface area contributed by atoms with Gasteiger partial charge in [0, 0.05) is 68.2 Å². The van der Waals surface area contributed by atoms with Crippen LogP contribution in [0.4, 0.5) is 5.69 Å². The number of rotatable bonds is 3. The third kappa shape index (κ3) is 3.73. The Bertz CT molecular complexity index is 647. The molecule has 1 aromatic heterocycles. The standard InChI is InChI=1S/C21H32N4O/c1-16-13-19(24-11-9-23(2)10-12-24)14-20(22-16)18-7-8-25(15-18)21(26)17-5-3-4-6-17/h13-14,17-18H,3-12,15H2,1-2H3/t18-/m1/s1. The molecular formula is C21H32N4O. The van der Waals surface area contributed by atoms with E-state index < -0.39 is 0 Å². The molecule has 1 saturated carbocycles. The van der Waals surface area contributed by atoms with Crippen LogP contribution in [0.3, 0.4) is 0 Å². The van der Waals surface area contributed by atoms with Crippen molar-refractivity contribution in [2.75, 3.05) is 51.2 Å². The van der Waals surface area contributed by atoms with Gasteiger partial charge in [-0.15, -0.1) is 0 Å². The zero-order chi connectivity index (χ0) is 18.1. The number of hydrogen-bond donors (Lipinski definition) is 0. The molecule has 5 nitrogen and oxygen atoms in total. The molecule has 0 radical (unpaired) electrons. The molecular weight excluding hydrogens is 324 g/mol. The second kappa shape index (κ2) is 7.55. The van der Waals surface area contributed by atoms with Gasteiger partial charge >= 0.3 is 0 Å². The highest BCUT2D eigenvalue weighted by Crippen LogP contribution is 2.33. The molecule has 0 N–H and O–H groups in total. The highest BCUT2D eigenvalue weighted by molar-refractivity contribution is 5.79. The minimum absolute atomic E-state index is 0.292. The van der Waals surface area contributed by atoms with Crippen molar-refractivity contribution in [1.29, 1.82) is 0 Å². The predicted octanol–water partition coefficient (Wildman–Crippen LogP) is 2.65. The molecule has 26 heavy (non-hydrogen) atoms. The number of likely N-dealkylation sites (N-methyl/N-ethyl adjacent to an activating group) is 1. The lowest BCUT2D eigenvalue weighted by Gasteiger charge is -2.34. The Morgan fingerprint density at radius 2 is 1.77 bits per heavy atom. The lowest BCUT2D eigenvalue weighted by Crippen LogP contribution is -2.44. The molecule has 4 rings (SSSR count). The van der Waals surface area contributed by atoms with Gasteiger partial charge in [-0.2, -0.15) is 0 Å². The van der Waals surface area contributed by atoms with E-state index in [0.717, 1.165) is 64.2 Å². The number of piperazine rings is 1. The second-order valence-electron chi connectivity index (χ2n) is 8.43. The summed E-state index contributed by atoms with van der Waals surface area (Å²) >= 11 is 0. The van der Waals surface area contributed by atoms with Crippen molar-refractivity contribution in [2.45, 2.75) is 44.9 Å². The van der Waals surface area contributed by atoms with Gasteiger partial charge in [-0.25, -0.2) is 0 Å². The monoisotopic (exact) mass is 356 g/mol. The van der Waals surface area contributed by atoms with Crippen LogP contribution < -0.4 is 4.90 Å². The van der Waals surface area contributed by atoms with Crippen molar-refractivity contribution in [1.82, 2.24) is 14.8 Å². The third-order valence-electron chi connectivity index (χ3n) is 6.45. The number of pyridine rings is 1. The molecule has 3 fully saturated rings. The SMILES string of the molecule is Cc1cc(N2CCN(C)CC2)cc([C@@H]2CCN(C(=O)C3CCCC3)C2)n1. The van der Waals surface area contributed by atoms with Gasteiger partial charge in [-0.05, 0) is 45.4 Å². The van der Waals surface area contributed by atoms with Crippen LogP contribution in [0.1, 0.15) is 49.4 Å². The molecule has 1 amide bonds. The molecule has 0 bridgehead atoms. The Morgan fingerprint density at radius 3 is 2.50 bits per heavy atom. The molecule has 1 aromatic rings. The second-order valence-corrected chi connectivity index (χ2v) is 8.43. The number of anilines is 1. The molecule has 2 saturated heterocycles. The highest BCUT2D eigenvalue weighted by Gasteiger charge is 2.33. The lowest BCUT2D eigenvalue weighted by molar-refractivity contribution is -0.134. The van der Waals surface area contributed by atoms with Gasteiger partial charge in [-0.3, -0.25) is 9.78 Å². The van der Waals surface area contributed by atoms with Crippen LogP contribution in [-0.4, -0.2) is 67.0 Å². The summed E-state index contributed by atoms with van der Waals surface area (Å²) < 4.78 is 0. The van der Waals surface area contributed by atoms with E-state index >= 15 is 0 Å². The summed E-state index contributed by atoms with van der Waals surface area (Å²) in [5, 5.41) is 0. The summed E-state index contributed by atoms with van der Waals surface area (Å²) in [5.41, 5.74) is 3.58. The smallest absolute Gasteiger partial charge is 0.225 e. The van der Waals surface area contributed by atoms with E-state index in [9.17, 15) is 4.79 Å². The summed E-state index contributed by atoms with van der Waals surface area (Å²) in [7, 11) is 2.19. The summed E-state index contributed by atoms with van der Waals surface area (Å²) in [6.45, 7) is 8.24. The average molecular weight is 357 g/mol. The molecule has 3 aliphatic rings. The van der Waals surface area contributed by atoms with E-state index in [-0.39, 0.29) is 0 Å². The molecule has 2 aliphatic heterocycles. The van der Waals surface area contributed by atoms with E-state index in [0.29, 0.717) is 17.7 Å². The maximum absolute atomic E-state index is 12.7. The van der Waals surface area contributed by atoms with E-state index in [1.165, 1.54) is 24.2 Å². The third-order valence-corrected chi connectivity index (χ3v) is 6.45. The minimum Gasteiger partial charge on any atom is -0.369 e. The Hall–Kier alpha value is -1.62. The quantitative estimate of drug-likeness (QED) is 0.835. The fraction of sp³-hybridized carbons (Fsp3) is 0.714. The predicted molar refractivity (Wildman–Crippen MR) is 105 cm³/mol. The van der Waals surface area contributed by atoms with Crippen molar-refractivity contribution in [3.63, 3.8) is 0 Å². The summed E-state index contributed by atoms with van der Waals surface area (Å²) in [5.74, 6) is 1.09. The first-order chi connectivity index (χ1) is 12.6. The van der Waals surface area contributed by atoms with Gasteiger partial charge in [0.05, 0.1) is 0 Å². The molecule has 5 heteroatoms. The molecule has 0 unspecified atom stereocenters. The van der Waals surface area contributed by atoms with Gasteiger partial charge < -0.3 is 14.7 Å². The maximum atomic E-state index is 12.7. The zero-order valence-corrected chi connectivity index (χ0v) is 16.3. The van der Waals surface area contributed by atoms with Gasteiger partial charge in [0.2, 0.25) is 5.91 Å². The summed E-state index contributed by atoms with van der Waals surface area (Å²) in [6, 6.07) is 4.50. The van der Waals surface area contributed by atoms with E-state index in [4.69, 9.17) is 4.98 Å². The topological polar surface area (TPSA) is 39.7 Å². The van der Waals surface area contributed by atoms with E-state index in [1.54, 1.807) is 0 Å². The normalized spacial score (nSPS) is 25.2.